The smallest absolute Gasteiger partial charge is 0.298 e. The van der Waals surface area contributed by atoms with Gasteiger partial charge in [0.1, 0.15) is 16.9 Å². The minimum Gasteiger partial charge on any atom is -0.488 e. The van der Waals surface area contributed by atoms with Gasteiger partial charge in [-0.3, -0.25) is 4.90 Å². The van der Waals surface area contributed by atoms with Crippen molar-refractivity contribution in [3.63, 3.8) is 0 Å². The Labute approximate surface area is 209 Å². The molecule has 1 fully saturated rings. The highest BCUT2D eigenvalue weighted by molar-refractivity contribution is 7.99. The molecule has 1 aliphatic rings. The average Bonchev–Trinajstić information content (AvgIpc) is 3.49. The van der Waals surface area contributed by atoms with Gasteiger partial charge in [0.2, 0.25) is 5.89 Å². The van der Waals surface area contributed by atoms with Crippen LogP contribution in [-0.4, -0.2) is 64.2 Å². The molecule has 0 radical (unpaired) electrons. The molecule has 0 amide bonds. The van der Waals surface area contributed by atoms with E-state index in [1.54, 1.807) is 11.8 Å². The Morgan fingerprint density at radius 2 is 1.71 bits per heavy atom. The van der Waals surface area contributed by atoms with Crippen LogP contribution in [0.25, 0.3) is 22.6 Å². The van der Waals surface area contributed by atoms with Gasteiger partial charge in [0.25, 0.3) is 11.2 Å². The summed E-state index contributed by atoms with van der Waals surface area (Å²) in [7, 11) is 0. The van der Waals surface area contributed by atoms with E-state index in [9.17, 15) is 0 Å². The second-order valence-electron chi connectivity index (χ2n) is 9.61. The molecule has 0 unspecified atom stereocenters. The molecule has 184 valence electrons. The van der Waals surface area contributed by atoms with E-state index >= 15 is 0 Å². The summed E-state index contributed by atoms with van der Waals surface area (Å²) in [5.41, 5.74) is 2.42. The molecule has 1 aliphatic heterocycles. The summed E-state index contributed by atoms with van der Waals surface area (Å²) in [4.78, 5) is 9.34. The predicted octanol–water partition coefficient (Wildman–Crippen LogP) is 5.36. The van der Waals surface area contributed by atoms with E-state index in [1.165, 1.54) is 0 Å². The molecule has 9 heteroatoms. The highest BCUT2D eigenvalue weighted by Crippen LogP contribution is 2.27. The van der Waals surface area contributed by atoms with Crippen LogP contribution in [0.4, 0.5) is 6.01 Å². The first-order valence-corrected chi connectivity index (χ1v) is 13.0. The standard InChI is InChI=1S/C26H31N5O3S/c1-26(2,3)34-20-11-9-19(10-12-20)23-28-29-25(33-23)35-18-6-13-30-14-16-31(17-15-30)24-27-21-7-4-5-8-22(21)32-24/h4-5,7-12H,6,13-18H2,1-3H3. The van der Waals surface area contributed by atoms with Gasteiger partial charge in [-0.1, -0.05) is 23.9 Å². The van der Waals surface area contributed by atoms with Crippen molar-refractivity contribution in [2.45, 2.75) is 38.0 Å². The van der Waals surface area contributed by atoms with Crippen molar-refractivity contribution in [1.29, 1.82) is 0 Å². The number of fused-ring (bicyclic) bond motifs is 1. The summed E-state index contributed by atoms with van der Waals surface area (Å²) >= 11 is 1.61. The quantitative estimate of drug-likeness (QED) is 0.238. The first kappa shape index (κ1) is 23.7. The monoisotopic (exact) mass is 493 g/mol. The van der Waals surface area contributed by atoms with Gasteiger partial charge < -0.3 is 18.5 Å². The van der Waals surface area contributed by atoms with Gasteiger partial charge in [0.15, 0.2) is 5.58 Å². The number of benzene rings is 2. The molecule has 0 N–H and O–H groups in total. The summed E-state index contributed by atoms with van der Waals surface area (Å²) in [6.07, 6.45) is 1.06. The molecule has 8 nitrogen and oxygen atoms in total. The van der Waals surface area contributed by atoms with Crippen molar-refractivity contribution in [2.24, 2.45) is 0 Å². The molecule has 1 saturated heterocycles. The summed E-state index contributed by atoms with van der Waals surface area (Å²) in [6.45, 7) is 11.0. The maximum atomic E-state index is 5.91. The molecule has 35 heavy (non-hydrogen) atoms. The van der Waals surface area contributed by atoms with E-state index in [0.29, 0.717) is 11.1 Å². The lowest BCUT2D eigenvalue weighted by molar-refractivity contribution is 0.131. The van der Waals surface area contributed by atoms with Crippen LogP contribution in [-0.2, 0) is 0 Å². The van der Waals surface area contributed by atoms with Crippen LogP contribution in [0, 0.1) is 0 Å². The number of anilines is 1. The zero-order valence-electron chi connectivity index (χ0n) is 20.4. The molecule has 0 bridgehead atoms. The van der Waals surface area contributed by atoms with Crippen molar-refractivity contribution in [2.75, 3.05) is 43.4 Å². The third-order valence-corrected chi connectivity index (χ3v) is 6.61. The lowest BCUT2D eigenvalue weighted by Gasteiger charge is -2.33. The van der Waals surface area contributed by atoms with Gasteiger partial charge in [-0.2, -0.15) is 4.98 Å². The van der Waals surface area contributed by atoms with E-state index < -0.39 is 0 Å². The number of aromatic nitrogens is 3. The second kappa shape index (κ2) is 10.3. The van der Waals surface area contributed by atoms with Gasteiger partial charge in [-0.15, -0.1) is 10.2 Å². The number of piperazine rings is 1. The molecular weight excluding hydrogens is 462 g/mol. The number of hydrogen-bond acceptors (Lipinski definition) is 9. The van der Waals surface area contributed by atoms with Gasteiger partial charge in [0, 0.05) is 37.5 Å². The Morgan fingerprint density at radius 1 is 0.943 bits per heavy atom. The molecule has 2 aromatic carbocycles. The molecule has 0 atom stereocenters. The molecule has 0 spiro atoms. The molecule has 0 aliphatic carbocycles. The van der Waals surface area contributed by atoms with Gasteiger partial charge in [-0.25, -0.2) is 0 Å². The number of thioether (sulfide) groups is 1. The minimum absolute atomic E-state index is 0.227. The van der Waals surface area contributed by atoms with Gasteiger partial charge >= 0.3 is 0 Å². The zero-order chi connectivity index (χ0) is 24.3. The Kier molecular flexibility index (Phi) is 6.97. The second-order valence-corrected chi connectivity index (χ2v) is 10.7. The number of hydrogen-bond donors (Lipinski definition) is 0. The fourth-order valence-corrected chi connectivity index (χ4v) is 4.69. The summed E-state index contributed by atoms with van der Waals surface area (Å²) < 4.78 is 17.6. The number of para-hydroxylation sites is 2. The van der Waals surface area contributed by atoms with Crippen molar-refractivity contribution in [1.82, 2.24) is 20.1 Å². The summed E-state index contributed by atoms with van der Waals surface area (Å²) in [6, 6.07) is 16.4. The predicted molar refractivity (Wildman–Crippen MR) is 138 cm³/mol. The Balaban J connectivity index is 1.04. The average molecular weight is 494 g/mol. The number of rotatable bonds is 8. The largest absolute Gasteiger partial charge is 0.488 e. The maximum Gasteiger partial charge on any atom is 0.298 e. The van der Waals surface area contributed by atoms with Crippen LogP contribution in [0.5, 0.6) is 5.75 Å². The fraction of sp³-hybridized carbons (Fsp3) is 0.423. The van der Waals surface area contributed by atoms with Crippen LogP contribution in [0.1, 0.15) is 27.2 Å². The van der Waals surface area contributed by atoms with Gasteiger partial charge in [0.05, 0.1) is 0 Å². The Bertz CT molecular complexity index is 1210. The lowest BCUT2D eigenvalue weighted by atomic mass is 10.1. The highest BCUT2D eigenvalue weighted by atomic mass is 32.2. The van der Waals surface area contributed by atoms with E-state index in [1.807, 2.05) is 69.3 Å². The first-order chi connectivity index (χ1) is 16.9. The minimum atomic E-state index is -0.227. The Morgan fingerprint density at radius 3 is 2.46 bits per heavy atom. The summed E-state index contributed by atoms with van der Waals surface area (Å²) in [5, 5.41) is 9.01. The SMILES string of the molecule is CC(C)(C)Oc1ccc(-c2nnc(SCCCN3CCN(c4nc5ccccc5o4)CC3)o2)cc1. The lowest BCUT2D eigenvalue weighted by Crippen LogP contribution is -2.46. The third kappa shape index (κ3) is 6.15. The van der Waals surface area contributed by atoms with Crippen molar-refractivity contribution >= 4 is 28.9 Å². The summed E-state index contributed by atoms with van der Waals surface area (Å²) in [5.74, 6) is 2.29. The molecule has 5 rings (SSSR count). The molecule has 2 aromatic heterocycles. The van der Waals surface area contributed by atoms with Crippen molar-refractivity contribution < 1.29 is 13.6 Å². The molecule has 4 aromatic rings. The van der Waals surface area contributed by atoms with Crippen molar-refractivity contribution in [3.05, 3.63) is 48.5 Å². The number of ether oxygens (including phenoxy) is 1. The molecule has 3 heterocycles. The van der Waals surface area contributed by atoms with Crippen molar-refractivity contribution in [3.8, 4) is 17.2 Å². The fourth-order valence-electron chi connectivity index (χ4n) is 4.01. The van der Waals surface area contributed by atoms with Crippen LogP contribution < -0.4 is 9.64 Å². The van der Waals surface area contributed by atoms with E-state index in [-0.39, 0.29) is 5.60 Å². The number of oxazole rings is 1. The van der Waals surface area contributed by atoms with E-state index in [2.05, 4.69) is 25.0 Å². The zero-order valence-corrected chi connectivity index (χ0v) is 21.3. The van der Waals surface area contributed by atoms with Crippen LogP contribution >= 0.6 is 11.8 Å². The molecule has 0 saturated carbocycles. The maximum absolute atomic E-state index is 5.91. The third-order valence-electron chi connectivity index (χ3n) is 5.70. The first-order valence-electron chi connectivity index (χ1n) is 12.0. The topological polar surface area (TPSA) is 80.7 Å². The van der Waals surface area contributed by atoms with E-state index in [0.717, 1.165) is 73.3 Å². The molecular formula is C26H31N5O3S. The normalized spacial score (nSPS) is 15.1. The van der Waals surface area contributed by atoms with Gasteiger partial charge in [-0.05, 0) is 70.1 Å². The highest BCUT2D eigenvalue weighted by Gasteiger charge is 2.21. The van der Waals surface area contributed by atoms with Crippen LogP contribution in [0.3, 0.4) is 0 Å². The van der Waals surface area contributed by atoms with Crippen LogP contribution in [0.15, 0.2) is 62.6 Å². The van der Waals surface area contributed by atoms with E-state index in [4.69, 9.17) is 13.6 Å². The number of nitrogens with zero attached hydrogens (tertiary/aromatic N) is 5. The van der Waals surface area contributed by atoms with Crippen LogP contribution in [0.2, 0.25) is 0 Å². The Hall–Kier alpha value is -3.04.